The summed E-state index contributed by atoms with van der Waals surface area (Å²) < 4.78 is 26.8. The third-order valence-corrected chi connectivity index (χ3v) is 4.30. The number of fused-ring (bicyclic) bond motifs is 1. The summed E-state index contributed by atoms with van der Waals surface area (Å²) in [5.41, 5.74) is 1.35. The second-order valence-corrected chi connectivity index (χ2v) is 6.15. The SMILES string of the molecule is CC(O)(CNC1Cc2ccccc2C1)c1ccc(F)cc1F. The second-order valence-electron chi connectivity index (χ2n) is 6.15. The first-order valence-electron chi connectivity index (χ1n) is 7.44. The molecular weight excluding hydrogens is 284 g/mol. The van der Waals surface area contributed by atoms with Gasteiger partial charge in [0.1, 0.15) is 17.2 Å². The van der Waals surface area contributed by atoms with Gasteiger partial charge in [-0.05, 0) is 37.0 Å². The first kappa shape index (κ1) is 15.1. The Labute approximate surface area is 128 Å². The average molecular weight is 303 g/mol. The molecule has 0 bridgehead atoms. The summed E-state index contributed by atoms with van der Waals surface area (Å²) >= 11 is 0. The Bertz CT molecular complexity index is 660. The fourth-order valence-corrected chi connectivity index (χ4v) is 3.07. The van der Waals surface area contributed by atoms with Gasteiger partial charge in [-0.3, -0.25) is 0 Å². The summed E-state index contributed by atoms with van der Waals surface area (Å²) in [6.45, 7) is 1.76. The van der Waals surface area contributed by atoms with Crippen LogP contribution >= 0.6 is 0 Å². The third kappa shape index (κ3) is 3.03. The molecule has 0 saturated carbocycles. The van der Waals surface area contributed by atoms with E-state index in [1.54, 1.807) is 6.92 Å². The maximum Gasteiger partial charge on any atom is 0.132 e. The van der Waals surface area contributed by atoms with Crippen LogP contribution in [-0.4, -0.2) is 17.7 Å². The molecule has 0 radical (unpaired) electrons. The van der Waals surface area contributed by atoms with Gasteiger partial charge in [0.05, 0.1) is 0 Å². The molecule has 0 saturated heterocycles. The zero-order valence-electron chi connectivity index (χ0n) is 12.4. The molecule has 0 aromatic heterocycles. The van der Waals surface area contributed by atoms with E-state index in [0.29, 0.717) is 0 Å². The summed E-state index contributed by atoms with van der Waals surface area (Å²) in [5.74, 6) is -1.36. The van der Waals surface area contributed by atoms with E-state index >= 15 is 0 Å². The van der Waals surface area contributed by atoms with Gasteiger partial charge in [0.2, 0.25) is 0 Å². The van der Waals surface area contributed by atoms with Crippen molar-refractivity contribution >= 4 is 0 Å². The fraction of sp³-hybridized carbons (Fsp3) is 0.333. The predicted octanol–water partition coefficient (Wildman–Crippen LogP) is 2.93. The van der Waals surface area contributed by atoms with Crippen molar-refractivity contribution in [1.82, 2.24) is 5.32 Å². The summed E-state index contributed by atoms with van der Waals surface area (Å²) in [6.07, 6.45) is 1.80. The predicted molar refractivity (Wildman–Crippen MR) is 81.6 cm³/mol. The van der Waals surface area contributed by atoms with Crippen LogP contribution in [0.5, 0.6) is 0 Å². The Morgan fingerprint density at radius 3 is 2.36 bits per heavy atom. The summed E-state index contributed by atoms with van der Waals surface area (Å²) in [5, 5.41) is 13.8. The van der Waals surface area contributed by atoms with Crippen LogP contribution in [0.2, 0.25) is 0 Å². The van der Waals surface area contributed by atoms with Gasteiger partial charge < -0.3 is 10.4 Å². The van der Waals surface area contributed by atoms with E-state index in [1.807, 2.05) is 12.1 Å². The van der Waals surface area contributed by atoms with E-state index < -0.39 is 17.2 Å². The van der Waals surface area contributed by atoms with Gasteiger partial charge in [-0.2, -0.15) is 0 Å². The fourth-order valence-electron chi connectivity index (χ4n) is 3.07. The Kier molecular flexibility index (Phi) is 3.98. The van der Waals surface area contributed by atoms with E-state index in [2.05, 4.69) is 17.4 Å². The van der Waals surface area contributed by atoms with Gasteiger partial charge in [-0.1, -0.05) is 30.3 Å². The van der Waals surface area contributed by atoms with Crippen LogP contribution in [0.1, 0.15) is 23.6 Å². The molecule has 2 N–H and O–H groups in total. The Morgan fingerprint density at radius 2 is 1.77 bits per heavy atom. The lowest BCUT2D eigenvalue weighted by molar-refractivity contribution is 0.0503. The molecule has 0 aliphatic heterocycles. The highest BCUT2D eigenvalue weighted by Crippen LogP contribution is 2.26. The second kappa shape index (κ2) is 5.78. The van der Waals surface area contributed by atoms with Crippen LogP contribution in [0.3, 0.4) is 0 Å². The molecule has 116 valence electrons. The highest BCUT2D eigenvalue weighted by atomic mass is 19.1. The van der Waals surface area contributed by atoms with Crippen molar-refractivity contribution in [1.29, 1.82) is 0 Å². The number of nitrogens with one attached hydrogen (secondary N) is 1. The number of hydrogen-bond donors (Lipinski definition) is 2. The maximum atomic E-state index is 13.8. The number of rotatable bonds is 4. The van der Waals surface area contributed by atoms with Crippen molar-refractivity contribution in [3.63, 3.8) is 0 Å². The molecule has 22 heavy (non-hydrogen) atoms. The maximum absolute atomic E-state index is 13.8. The van der Waals surface area contributed by atoms with Gasteiger partial charge in [0, 0.05) is 24.2 Å². The quantitative estimate of drug-likeness (QED) is 0.910. The third-order valence-electron chi connectivity index (χ3n) is 4.30. The first-order chi connectivity index (χ1) is 10.5. The minimum absolute atomic E-state index is 0.108. The van der Waals surface area contributed by atoms with Crippen LogP contribution in [0.25, 0.3) is 0 Å². The molecule has 0 amide bonds. The number of hydrogen-bond acceptors (Lipinski definition) is 2. The van der Waals surface area contributed by atoms with Crippen molar-refractivity contribution in [3.05, 3.63) is 70.8 Å². The zero-order valence-corrected chi connectivity index (χ0v) is 12.4. The Morgan fingerprint density at radius 1 is 1.14 bits per heavy atom. The monoisotopic (exact) mass is 303 g/mol. The van der Waals surface area contributed by atoms with Gasteiger partial charge in [-0.25, -0.2) is 8.78 Å². The smallest absolute Gasteiger partial charge is 0.132 e. The molecule has 2 nitrogen and oxygen atoms in total. The van der Waals surface area contributed by atoms with Crippen molar-refractivity contribution in [2.75, 3.05) is 6.54 Å². The van der Waals surface area contributed by atoms with Crippen LogP contribution in [-0.2, 0) is 18.4 Å². The number of benzene rings is 2. The topological polar surface area (TPSA) is 32.3 Å². The molecule has 0 spiro atoms. The summed E-state index contributed by atoms with van der Waals surface area (Å²) in [6, 6.07) is 11.7. The molecule has 0 heterocycles. The van der Waals surface area contributed by atoms with E-state index in [0.717, 1.165) is 25.0 Å². The number of halogens is 2. The van der Waals surface area contributed by atoms with E-state index in [9.17, 15) is 13.9 Å². The molecule has 2 aromatic carbocycles. The molecule has 4 heteroatoms. The molecule has 1 atom stereocenters. The minimum atomic E-state index is -1.38. The van der Waals surface area contributed by atoms with Crippen molar-refractivity contribution in [2.24, 2.45) is 0 Å². The van der Waals surface area contributed by atoms with Gasteiger partial charge in [0.25, 0.3) is 0 Å². The van der Waals surface area contributed by atoms with Crippen LogP contribution in [0.4, 0.5) is 8.78 Å². The lowest BCUT2D eigenvalue weighted by Gasteiger charge is -2.26. The van der Waals surface area contributed by atoms with Crippen molar-refractivity contribution < 1.29 is 13.9 Å². The van der Waals surface area contributed by atoms with E-state index in [-0.39, 0.29) is 18.2 Å². The van der Waals surface area contributed by atoms with Crippen molar-refractivity contribution in [3.8, 4) is 0 Å². The molecule has 3 rings (SSSR count). The van der Waals surface area contributed by atoms with E-state index in [1.165, 1.54) is 17.2 Å². The summed E-state index contributed by atoms with van der Waals surface area (Å²) in [7, 11) is 0. The number of aliphatic hydroxyl groups is 1. The standard InChI is InChI=1S/C18H19F2NO/c1-18(22,16-7-6-14(19)10-17(16)20)11-21-15-8-12-4-2-3-5-13(12)9-15/h2-7,10,15,21-22H,8-9,11H2,1H3. The lowest BCUT2D eigenvalue weighted by Crippen LogP contribution is -2.41. The zero-order chi connectivity index (χ0) is 15.7. The normalized spacial score (nSPS) is 17.3. The van der Waals surface area contributed by atoms with Crippen LogP contribution < -0.4 is 5.32 Å². The molecule has 1 aliphatic rings. The first-order valence-corrected chi connectivity index (χ1v) is 7.44. The van der Waals surface area contributed by atoms with Gasteiger partial charge >= 0.3 is 0 Å². The van der Waals surface area contributed by atoms with Crippen LogP contribution in [0, 0.1) is 11.6 Å². The Hall–Kier alpha value is -1.78. The average Bonchev–Trinajstić information content (AvgIpc) is 2.87. The molecule has 1 unspecified atom stereocenters. The molecule has 2 aromatic rings. The molecular formula is C18H19F2NO. The van der Waals surface area contributed by atoms with Gasteiger partial charge in [0.15, 0.2) is 0 Å². The van der Waals surface area contributed by atoms with Crippen molar-refractivity contribution in [2.45, 2.75) is 31.4 Å². The van der Waals surface area contributed by atoms with E-state index in [4.69, 9.17) is 0 Å². The molecule has 0 fully saturated rings. The lowest BCUT2D eigenvalue weighted by atomic mass is 9.95. The van der Waals surface area contributed by atoms with Crippen LogP contribution in [0.15, 0.2) is 42.5 Å². The van der Waals surface area contributed by atoms with Gasteiger partial charge in [-0.15, -0.1) is 0 Å². The highest BCUT2D eigenvalue weighted by Gasteiger charge is 2.29. The Balaban J connectivity index is 1.66. The largest absolute Gasteiger partial charge is 0.384 e. The summed E-state index contributed by atoms with van der Waals surface area (Å²) in [4.78, 5) is 0. The molecule has 1 aliphatic carbocycles. The minimum Gasteiger partial charge on any atom is -0.384 e. The highest BCUT2D eigenvalue weighted by molar-refractivity contribution is 5.33.